The van der Waals surface area contributed by atoms with Crippen molar-refractivity contribution in [3.8, 4) is 0 Å². The number of nitrogens with zero attached hydrogens (tertiary/aromatic N) is 2. The Kier molecular flexibility index (Phi) is 4.25. The van der Waals surface area contributed by atoms with E-state index in [2.05, 4.69) is 26.5 Å². The molecule has 2 aromatic carbocycles. The molecule has 0 spiro atoms. The van der Waals surface area contributed by atoms with Crippen LogP contribution in [0.4, 0.5) is 11.4 Å². The molecule has 0 bridgehead atoms. The Morgan fingerprint density at radius 1 is 1.16 bits per heavy atom. The Morgan fingerprint density at radius 2 is 1.84 bits per heavy atom. The van der Waals surface area contributed by atoms with E-state index in [4.69, 9.17) is 0 Å². The van der Waals surface area contributed by atoms with E-state index in [-0.39, 0.29) is 5.69 Å². The average Bonchev–Trinajstić information content (AvgIpc) is 2.41. The van der Waals surface area contributed by atoms with Crippen molar-refractivity contribution in [1.82, 2.24) is 0 Å². The van der Waals surface area contributed by atoms with Gasteiger partial charge in [-0.15, -0.1) is 0 Å². The molecular formula is C13H10BrN3O2. The van der Waals surface area contributed by atoms with Gasteiger partial charge in [0, 0.05) is 10.5 Å². The van der Waals surface area contributed by atoms with Crippen LogP contribution in [0.1, 0.15) is 5.56 Å². The van der Waals surface area contributed by atoms with Gasteiger partial charge in [-0.3, -0.25) is 15.5 Å². The summed E-state index contributed by atoms with van der Waals surface area (Å²) in [6.45, 7) is 0. The van der Waals surface area contributed by atoms with Crippen molar-refractivity contribution in [2.45, 2.75) is 0 Å². The minimum absolute atomic E-state index is 0.00421. The van der Waals surface area contributed by atoms with Crippen LogP contribution in [0.3, 0.4) is 0 Å². The summed E-state index contributed by atoms with van der Waals surface area (Å²) >= 11 is 3.34. The second-order valence-corrected chi connectivity index (χ2v) is 4.61. The molecule has 1 N–H and O–H groups in total. The molecule has 96 valence electrons. The van der Waals surface area contributed by atoms with Crippen molar-refractivity contribution in [3.05, 3.63) is 68.7 Å². The molecule has 2 aromatic rings. The molecule has 0 aromatic heterocycles. The van der Waals surface area contributed by atoms with Crippen LogP contribution < -0.4 is 5.43 Å². The highest BCUT2D eigenvalue weighted by Gasteiger charge is 2.10. The fraction of sp³-hybridized carbons (Fsp3) is 0. The van der Waals surface area contributed by atoms with Crippen LogP contribution in [0.15, 0.2) is 58.1 Å². The number of anilines is 1. The van der Waals surface area contributed by atoms with E-state index in [9.17, 15) is 10.1 Å². The van der Waals surface area contributed by atoms with Crippen molar-refractivity contribution in [2.75, 3.05) is 5.43 Å². The highest BCUT2D eigenvalue weighted by molar-refractivity contribution is 9.10. The lowest BCUT2D eigenvalue weighted by atomic mass is 10.2. The molecule has 0 fully saturated rings. The number of nitro benzene ring substituents is 1. The molecule has 0 aliphatic heterocycles. The number of nitro groups is 1. The third kappa shape index (κ3) is 3.62. The van der Waals surface area contributed by atoms with E-state index in [1.165, 1.54) is 6.07 Å². The first-order valence-corrected chi connectivity index (χ1v) is 6.24. The molecule has 2 rings (SSSR count). The third-order valence-electron chi connectivity index (χ3n) is 2.37. The normalized spacial score (nSPS) is 10.6. The highest BCUT2D eigenvalue weighted by Crippen LogP contribution is 2.22. The molecule has 0 unspecified atom stereocenters. The molecule has 0 amide bonds. The van der Waals surface area contributed by atoms with Gasteiger partial charge in [0.1, 0.15) is 5.69 Å². The monoisotopic (exact) mass is 319 g/mol. The Balaban J connectivity index is 2.10. The van der Waals surface area contributed by atoms with Gasteiger partial charge < -0.3 is 0 Å². The summed E-state index contributed by atoms with van der Waals surface area (Å²) < 4.78 is 0.983. The molecule has 0 radical (unpaired) electrons. The highest BCUT2D eigenvalue weighted by atomic mass is 79.9. The first kappa shape index (κ1) is 13.2. The molecule has 5 nitrogen and oxygen atoms in total. The lowest BCUT2D eigenvalue weighted by Gasteiger charge is -2.01. The first-order valence-electron chi connectivity index (χ1n) is 5.45. The van der Waals surface area contributed by atoms with Crippen molar-refractivity contribution in [2.24, 2.45) is 5.10 Å². The molecule has 19 heavy (non-hydrogen) atoms. The van der Waals surface area contributed by atoms with Crippen molar-refractivity contribution in [1.29, 1.82) is 0 Å². The predicted octanol–water partition coefficient (Wildman–Crippen LogP) is 3.80. The Bertz CT molecular complexity index is 612. The number of benzene rings is 2. The van der Waals surface area contributed by atoms with Crippen molar-refractivity contribution in [3.63, 3.8) is 0 Å². The first-order chi connectivity index (χ1) is 9.16. The van der Waals surface area contributed by atoms with Gasteiger partial charge in [0.2, 0.25) is 0 Å². The quantitative estimate of drug-likeness (QED) is 0.529. The second-order valence-electron chi connectivity index (χ2n) is 3.70. The lowest BCUT2D eigenvalue weighted by Crippen LogP contribution is -1.96. The topological polar surface area (TPSA) is 67.5 Å². The summed E-state index contributed by atoms with van der Waals surface area (Å²) in [5.74, 6) is 0. The second kappa shape index (κ2) is 6.10. The van der Waals surface area contributed by atoms with Crippen LogP contribution >= 0.6 is 15.9 Å². The van der Waals surface area contributed by atoms with Gasteiger partial charge in [-0.05, 0) is 23.8 Å². The molecular weight excluding hydrogens is 310 g/mol. The average molecular weight is 320 g/mol. The van der Waals surface area contributed by atoms with Crippen LogP contribution in [-0.4, -0.2) is 11.1 Å². The van der Waals surface area contributed by atoms with Gasteiger partial charge in [-0.2, -0.15) is 5.10 Å². The van der Waals surface area contributed by atoms with Crippen LogP contribution in [-0.2, 0) is 0 Å². The number of hydrazone groups is 1. The van der Waals surface area contributed by atoms with E-state index in [1.807, 2.05) is 24.3 Å². The van der Waals surface area contributed by atoms with Gasteiger partial charge in [0.25, 0.3) is 5.69 Å². The molecule has 6 heteroatoms. The molecule has 0 saturated carbocycles. The van der Waals surface area contributed by atoms with Crippen LogP contribution in [0, 0.1) is 10.1 Å². The lowest BCUT2D eigenvalue weighted by molar-refractivity contribution is -0.384. The molecule has 0 heterocycles. The van der Waals surface area contributed by atoms with E-state index in [1.54, 1.807) is 24.4 Å². The predicted molar refractivity (Wildman–Crippen MR) is 78.5 cm³/mol. The third-order valence-corrected chi connectivity index (χ3v) is 2.90. The van der Waals surface area contributed by atoms with E-state index in [0.29, 0.717) is 5.69 Å². The summed E-state index contributed by atoms with van der Waals surface area (Å²) in [6.07, 6.45) is 1.60. The summed E-state index contributed by atoms with van der Waals surface area (Å²) in [5.41, 5.74) is 3.93. The Hall–Kier alpha value is -2.21. The van der Waals surface area contributed by atoms with Gasteiger partial charge in [0.15, 0.2) is 0 Å². The fourth-order valence-corrected chi connectivity index (χ4v) is 1.72. The van der Waals surface area contributed by atoms with Gasteiger partial charge in [0.05, 0.1) is 11.1 Å². The minimum Gasteiger partial charge on any atom is -0.272 e. The maximum Gasteiger partial charge on any atom is 0.294 e. The standard InChI is InChI=1S/C13H10BrN3O2/c14-11-7-5-10(6-8-11)9-15-16-12-3-1-2-4-13(12)17(18)19/h1-9,16H/b15-9+. The van der Waals surface area contributed by atoms with Gasteiger partial charge >= 0.3 is 0 Å². The number of halogens is 1. The van der Waals surface area contributed by atoms with Gasteiger partial charge in [-0.1, -0.05) is 40.2 Å². The number of para-hydroxylation sites is 2. The molecule has 0 aliphatic carbocycles. The number of nitrogens with one attached hydrogen (secondary N) is 1. The Morgan fingerprint density at radius 3 is 2.53 bits per heavy atom. The number of hydrogen-bond donors (Lipinski definition) is 1. The van der Waals surface area contributed by atoms with Crippen molar-refractivity contribution >= 4 is 33.5 Å². The maximum absolute atomic E-state index is 10.8. The van der Waals surface area contributed by atoms with E-state index < -0.39 is 4.92 Å². The fourth-order valence-electron chi connectivity index (χ4n) is 1.45. The molecule has 0 aliphatic rings. The Labute approximate surface area is 118 Å². The summed E-state index contributed by atoms with van der Waals surface area (Å²) in [7, 11) is 0. The van der Waals surface area contributed by atoms with Crippen LogP contribution in [0.5, 0.6) is 0 Å². The summed E-state index contributed by atoms with van der Waals surface area (Å²) in [5, 5.41) is 14.8. The summed E-state index contributed by atoms with van der Waals surface area (Å²) in [4.78, 5) is 10.4. The zero-order valence-corrected chi connectivity index (χ0v) is 11.4. The molecule has 0 atom stereocenters. The largest absolute Gasteiger partial charge is 0.294 e. The number of rotatable bonds is 4. The van der Waals surface area contributed by atoms with Crippen LogP contribution in [0.2, 0.25) is 0 Å². The SMILES string of the molecule is O=[N+]([O-])c1ccccc1N/N=C/c1ccc(Br)cc1. The van der Waals surface area contributed by atoms with Crippen LogP contribution in [0.25, 0.3) is 0 Å². The number of hydrogen-bond acceptors (Lipinski definition) is 4. The van der Waals surface area contributed by atoms with E-state index in [0.717, 1.165) is 10.0 Å². The summed E-state index contributed by atoms with van der Waals surface area (Å²) in [6, 6.07) is 13.9. The van der Waals surface area contributed by atoms with E-state index >= 15 is 0 Å². The molecule has 0 saturated heterocycles. The maximum atomic E-state index is 10.8. The van der Waals surface area contributed by atoms with Gasteiger partial charge in [-0.25, -0.2) is 0 Å². The minimum atomic E-state index is -0.447. The smallest absolute Gasteiger partial charge is 0.272 e. The van der Waals surface area contributed by atoms with Crippen molar-refractivity contribution < 1.29 is 4.92 Å². The zero-order chi connectivity index (χ0) is 13.7. The zero-order valence-electron chi connectivity index (χ0n) is 9.79.